The quantitative estimate of drug-likeness (QED) is 0.395. The Morgan fingerprint density at radius 3 is 2.59 bits per heavy atom. The normalized spacial score (nSPS) is 10.9. The van der Waals surface area contributed by atoms with E-state index in [0.29, 0.717) is 24.0 Å². The molecule has 1 N–H and O–H groups in total. The van der Waals surface area contributed by atoms with E-state index in [1.54, 1.807) is 16.8 Å². The number of nitrogens with zero attached hydrogens (tertiary/aromatic N) is 4. The van der Waals surface area contributed by atoms with Crippen LogP contribution in [-0.2, 0) is 11.2 Å². The lowest BCUT2D eigenvalue weighted by Gasteiger charge is -2.08. The van der Waals surface area contributed by atoms with E-state index in [1.165, 1.54) is 21.9 Å². The van der Waals surface area contributed by atoms with Crippen LogP contribution in [0.2, 0.25) is 0 Å². The maximum absolute atomic E-state index is 12.9. The van der Waals surface area contributed by atoms with Crippen molar-refractivity contribution in [2.75, 3.05) is 18.9 Å². The van der Waals surface area contributed by atoms with Gasteiger partial charge in [-0.2, -0.15) is 0 Å². The van der Waals surface area contributed by atoms with Gasteiger partial charge in [0.25, 0.3) is 0 Å². The van der Waals surface area contributed by atoms with Crippen molar-refractivity contribution in [3.05, 3.63) is 82.9 Å². The van der Waals surface area contributed by atoms with Crippen molar-refractivity contribution in [2.45, 2.75) is 18.5 Å². The summed E-state index contributed by atoms with van der Waals surface area (Å²) in [6, 6.07) is 17.2. The molecule has 2 heterocycles. The maximum atomic E-state index is 12.9. The SMILES string of the molecule is CCOc1ccc(-n2ccn3c(SCC(=O)NCCc4ccccc4)nnc3c2=O)cc1. The van der Waals surface area contributed by atoms with Crippen LogP contribution >= 0.6 is 11.8 Å². The summed E-state index contributed by atoms with van der Waals surface area (Å²) in [5.41, 5.74) is 1.79. The molecule has 0 aliphatic carbocycles. The number of benzene rings is 2. The Balaban J connectivity index is 1.39. The number of amides is 1. The molecule has 164 valence electrons. The number of nitrogens with one attached hydrogen (secondary N) is 1. The molecule has 0 atom stereocenters. The Morgan fingerprint density at radius 2 is 1.84 bits per heavy atom. The lowest BCUT2D eigenvalue weighted by Crippen LogP contribution is -2.27. The molecule has 0 saturated carbocycles. The maximum Gasteiger partial charge on any atom is 0.300 e. The highest BCUT2D eigenvalue weighted by molar-refractivity contribution is 7.99. The standard InChI is InChI=1S/C23H23N5O3S/c1-2-31-19-10-8-18(9-11-19)27-14-15-28-21(22(27)30)25-26-23(28)32-16-20(29)24-13-12-17-6-4-3-5-7-17/h3-11,14-15H,2,12-13,16H2,1H3,(H,24,29). The Morgan fingerprint density at radius 1 is 1.06 bits per heavy atom. The molecule has 9 heteroatoms. The van der Waals surface area contributed by atoms with Crippen LogP contribution in [0.5, 0.6) is 5.75 Å². The Bertz CT molecular complexity index is 1250. The number of rotatable bonds is 9. The second kappa shape index (κ2) is 10.1. The number of aromatic nitrogens is 4. The van der Waals surface area contributed by atoms with Gasteiger partial charge in [0.15, 0.2) is 5.16 Å². The zero-order valence-corrected chi connectivity index (χ0v) is 18.4. The molecule has 0 radical (unpaired) electrons. The Hall–Kier alpha value is -3.59. The molecule has 2 aromatic carbocycles. The second-order valence-electron chi connectivity index (χ2n) is 6.95. The molecule has 2 aromatic heterocycles. The third-order valence-corrected chi connectivity index (χ3v) is 5.72. The van der Waals surface area contributed by atoms with Crippen LogP contribution in [0.4, 0.5) is 0 Å². The largest absolute Gasteiger partial charge is 0.494 e. The summed E-state index contributed by atoms with van der Waals surface area (Å²) >= 11 is 1.24. The Kier molecular flexibility index (Phi) is 6.86. The predicted molar refractivity (Wildman–Crippen MR) is 124 cm³/mol. The van der Waals surface area contributed by atoms with E-state index >= 15 is 0 Å². The van der Waals surface area contributed by atoms with Crippen molar-refractivity contribution >= 4 is 23.3 Å². The zero-order valence-electron chi connectivity index (χ0n) is 17.6. The van der Waals surface area contributed by atoms with Crippen molar-refractivity contribution in [3.8, 4) is 11.4 Å². The number of fused-ring (bicyclic) bond motifs is 1. The first-order valence-corrected chi connectivity index (χ1v) is 11.3. The van der Waals surface area contributed by atoms with Crippen LogP contribution in [0.1, 0.15) is 12.5 Å². The van der Waals surface area contributed by atoms with Crippen molar-refractivity contribution in [2.24, 2.45) is 0 Å². The van der Waals surface area contributed by atoms with E-state index in [0.717, 1.165) is 12.2 Å². The summed E-state index contributed by atoms with van der Waals surface area (Å²) in [6.45, 7) is 3.06. The first-order chi connectivity index (χ1) is 15.7. The minimum Gasteiger partial charge on any atom is -0.494 e. The van der Waals surface area contributed by atoms with Crippen LogP contribution in [0.15, 0.2) is 76.9 Å². The van der Waals surface area contributed by atoms with Gasteiger partial charge in [-0.3, -0.25) is 18.6 Å². The van der Waals surface area contributed by atoms with Crippen molar-refractivity contribution in [3.63, 3.8) is 0 Å². The molecule has 0 saturated heterocycles. The molecule has 0 fully saturated rings. The monoisotopic (exact) mass is 449 g/mol. The molecule has 4 aromatic rings. The molecule has 0 unspecified atom stereocenters. The lowest BCUT2D eigenvalue weighted by molar-refractivity contribution is -0.118. The number of hydrogen-bond acceptors (Lipinski definition) is 6. The molecule has 0 bridgehead atoms. The van der Waals surface area contributed by atoms with Gasteiger partial charge >= 0.3 is 5.56 Å². The highest BCUT2D eigenvalue weighted by Crippen LogP contribution is 2.17. The van der Waals surface area contributed by atoms with E-state index in [1.807, 2.05) is 61.5 Å². The number of carbonyl (C=O) groups is 1. The summed E-state index contributed by atoms with van der Waals surface area (Å²) in [5.74, 6) is 0.844. The van der Waals surface area contributed by atoms with E-state index in [9.17, 15) is 9.59 Å². The second-order valence-corrected chi connectivity index (χ2v) is 7.89. The van der Waals surface area contributed by atoms with Crippen molar-refractivity contribution in [1.29, 1.82) is 0 Å². The van der Waals surface area contributed by atoms with Gasteiger partial charge in [-0.05, 0) is 43.2 Å². The number of hydrogen-bond donors (Lipinski definition) is 1. The molecule has 0 aliphatic heterocycles. The van der Waals surface area contributed by atoms with Gasteiger partial charge < -0.3 is 10.1 Å². The van der Waals surface area contributed by atoms with E-state index in [-0.39, 0.29) is 22.9 Å². The summed E-state index contributed by atoms with van der Waals surface area (Å²) in [6.07, 6.45) is 4.16. The zero-order chi connectivity index (χ0) is 22.3. The highest BCUT2D eigenvalue weighted by atomic mass is 32.2. The van der Waals surface area contributed by atoms with E-state index in [2.05, 4.69) is 15.5 Å². The minimum absolute atomic E-state index is 0.0922. The van der Waals surface area contributed by atoms with E-state index < -0.39 is 0 Å². The molecule has 0 aliphatic rings. The van der Waals surface area contributed by atoms with Gasteiger partial charge in [0.2, 0.25) is 11.6 Å². The van der Waals surface area contributed by atoms with Gasteiger partial charge in [0.05, 0.1) is 12.4 Å². The molecule has 32 heavy (non-hydrogen) atoms. The molecule has 0 spiro atoms. The van der Waals surface area contributed by atoms with Gasteiger partial charge in [-0.15, -0.1) is 10.2 Å². The van der Waals surface area contributed by atoms with Crippen LogP contribution in [0, 0.1) is 0 Å². The molecular formula is C23H23N5O3S. The fourth-order valence-electron chi connectivity index (χ4n) is 3.21. The first-order valence-electron chi connectivity index (χ1n) is 10.3. The number of thioether (sulfide) groups is 1. The van der Waals surface area contributed by atoms with Gasteiger partial charge in [0, 0.05) is 24.6 Å². The minimum atomic E-state index is -0.289. The molecule has 8 nitrogen and oxygen atoms in total. The topological polar surface area (TPSA) is 90.5 Å². The van der Waals surface area contributed by atoms with E-state index in [4.69, 9.17) is 4.74 Å². The fourth-order valence-corrected chi connectivity index (χ4v) is 3.96. The first kappa shape index (κ1) is 21.6. The van der Waals surface area contributed by atoms with Gasteiger partial charge in [-0.25, -0.2) is 0 Å². The molecule has 4 rings (SSSR count). The van der Waals surface area contributed by atoms with Gasteiger partial charge in [0.1, 0.15) is 5.75 Å². The molecular weight excluding hydrogens is 426 g/mol. The van der Waals surface area contributed by atoms with Crippen LogP contribution in [0.3, 0.4) is 0 Å². The summed E-state index contributed by atoms with van der Waals surface area (Å²) in [7, 11) is 0. The summed E-state index contributed by atoms with van der Waals surface area (Å²) in [4.78, 5) is 25.1. The number of ether oxygens (including phenoxy) is 1. The van der Waals surface area contributed by atoms with Gasteiger partial charge in [-0.1, -0.05) is 42.1 Å². The third-order valence-electron chi connectivity index (χ3n) is 4.78. The smallest absolute Gasteiger partial charge is 0.300 e. The van der Waals surface area contributed by atoms with Crippen LogP contribution in [0.25, 0.3) is 11.3 Å². The predicted octanol–water partition coefficient (Wildman–Crippen LogP) is 2.73. The van der Waals surface area contributed by atoms with Crippen LogP contribution in [-0.4, -0.2) is 44.0 Å². The average Bonchev–Trinajstić information content (AvgIpc) is 3.24. The van der Waals surface area contributed by atoms with Crippen molar-refractivity contribution in [1.82, 2.24) is 24.5 Å². The summed E-state index contributed by atoms with van der Waals surface area (Å²) < 4.78 is 8.56. The van der Waals surface area contributed by atoms with Crippen LogP contribution < -0.4 is 15.6 Å². The lowest BCUT2D eigenvalue weighted by atomic mass is 10.1. The highest BCUT2D eigenvalue weighted by Gasteiger charge is 2.13. The Labute approximate surface area is 189 Å². The third kappa shape index (κ3) is 5.00. The summed E-state index contributed by atoms with van der Waals surface area (Å²) in [5, 5.41) is 11.5. The van der Waals surface area contributed by atoms with Crippen molar-refractivity contribution < 1.29 is 9.53 Å². The molecule has 1 amide bonds. The fraction of sp³-hybridized carbons (Fsp3) is 0.217. The number of carbonyl (C=O) groups excluding carboxylic acids is 1. The average molecular weight is 450 g/mol.